The maximum Gasteiger partial charge on any atom is 0.165 e. The van der Waals surface area contributed by atoms with E-state index in [0.29, 0.717) is 24.8 Å². The van der Waals surface area contributed by atoms with Crippen LogP contribution in [0.25, 0.3) is 0 Å². The molecule has 1 saturated heterocycles. The highest BCUT2D eigenvalue weighted by atomic mass is 19.1. The molecule has 2 aliphatic heterocycles. The molecule has 2 heterocycles. The lowest BCUT2D eigenvalue weighted by atomic mass is 9.91. The molecular formula is C12H20FNO. The fraction of sp³-hybridized carbons (Fsp3) is 0.833. The Hall–Kier alpha value is -0.570. The molecule has 0 amide bonds. The zero-order valence-corrected chi connectivity index (χ0v) is 9.39. The SMILES string of the molecule is CC(F)(CC1CCCCN1)C1=CCCO1. The zero-order valence-electron chi connectivity index (χ0n) is 9.39. The van der Waals surface area contributed by atoms with Crippen molar-refractivity contribution in [2.75, 3.05) is 13.2 Å². The van der Waals surface area contributed by atoms with Crippen LogP contribution in [0, 0.1) is 0 Å². The van der Waals surface area contributed by atoms with Crippen LogP contribution in [0.3, 0.4) is 0 Å². The van der Waals surface area contributed by atoms with Crippen molar-refractivity contribution in [3.63, 3.8) is 0 Å². The molecule has 1 fully saturated rings. The van der Waals surface area contributed by atoms with Crippen molar-refractivity contribution >= 4 is 0 Å². The smallest absolute Gasteiger partial charge is 0.165 e. The van der Waals surface area contributed by atoms with Crippen molar-refractivity contribution in [1.29, 1.82) is 0 Å². The van der Waals surface area contributed by atoms with E-state index >= 15 is 0 Å². The average Bonchev–Trinajstić information content (AvgIpc) is 2.71. The van der Waals surface area contributed by atoms with E-state index in [1.54, 1.807) is 6.92 Å². The maximum atomic E-state index is 14.3. The summed E-state index contributed by atoms with van der Waals surface area (Å²) in [7, 11) is 0. The number of nitrogens with one attached hydrogen (secondary N) is 1. The van der Waals surface area contributed by atoms with Gasteiger partial charge in [-0.2, -0.15) is 0 Å². The van der Waals surface area contributed by atoms with Crippen LogP contribution in [0.2, 0.25) is 0 Å². The van der Waals surface area contributed by atoms with Crippen LogP contribution in [0.4, 0.5) is 4.39 Å². The van der Waals surface area contributed by atoms with Crippen LogP contribution in [0.1, 0.15) is 39.0 Å². The lowest BCUT2D eigenvalue weighted by molar-refractivity contribution is 0.0948. The molecule has 2 aliphatic rings. The molecule has 2 nitrogen and oxygen atoms in total. The van der Waals surface area contributed by atoms with E-state index < -0.39 is 5.67 Å². The van der Waals surface area contributed by atoms with Crippen molar-refractivity contribution in [3.05, 3.63) is 11.8 Å². The average molecular weight is 213 g/mol. The third-order valence-electron chi connectivity index (χ3n) is 3.26. The van der Waals surface area contributed by atoms with Gasteiger partial charge in [-0.25, -0.2) is 4.39 Å². The second-order valence-corrected chi connectivity index (χ2v) is 4.75. The van der Waals surface area contributed by atoms with Crippen molar-refractivity contribution < 1.29 is 9.13 Å². The van der Waals surface area contributed by atoms with Gasteiger partial charge in [-0.05, 0) is 32.4 Å². The van der Waals surface area contributed by atoms with Gasteiger partial charge in [0.25, 0.3) is 0 Å². The summed E-state index contributed by atoms with van der Waals surface area (Å²) in [4.78, 5) is 0. The number of alkyl halides is 1. The summed E-state index contributed by atoms with van der Waals surface area (Å²) < 4.78 is 19.7. The van der Waals surface area contributed by atoms with Gasteiger partial charge in [0.2, 0.25) is 0 Å². The number of ether oxygens (including phenoxy) is 1. The Morgan fingerprint density at radius 1 is 1.60 bits per heavy atom. The molecule has 0 spiro atoms. The maximum absolute atomic E-state index is 14.3. The van der Waals surface area contributed by atoms with Gasteiger partial charge >= 0.3 is 0 Å². The molecule has 2 atom stereocenters. The Bertz CT molecular complexity index is 244. The second-order valence-electron chi connectivity index (χ2n) is 4.75. The first-order chi connectivity index (χ1) is 7.18. The van der Waals surface area contributed by atoms with Crippen LogP contribution in [-0.2, 0) is 4.74 Å². The molecule has 0 radical (unpaired) electrons. The van der Waals surface area contributed by atoms with Gasteiger partial charge in [0.05, 0.1) is 6.61 Å². The van der Waals surface area contributed by atoms with Crippen molar-refractivity contribution in [2.24, 2.45) is 0 Å². The number of halogens is 1. The van der Waals surface area contributed by atoms with Crippen molar-refractivity contribution in [1.82, 2.24) is 5.32 Å². The number of piperidine rings is 1. The molecule has 86 valence electrons. The predicted molar refractivity (Wildman–Crippen MR) is 58.4 cm³/mol. The minimum atomic E-state index is -1.29. The minimum Gasteiger partial charge on any atom is -0.495 e. The quantitative estimate of drug-likeness (QED) is 0.778. The highest BCUT2D eigenvalue weighted by molar-refractivity contribution is 5.12. The molecule has 0 aliphatic carbocycles. The summed E-state index contributed by atoms with van der Waals surface area (Å²) in [5.41, 5.74) is -1.29. The Kier molecular flexibility index (Phi) is 3.29. The third-order valence-corrected chi connectivity index (χ3v) is 3.26. The Morgan fingerprint density at radius 3 is 3.07 bits per heavy atom. The van der Waals surface area contributed by atoms with E-state index in [2.05, 4.69) is 5.32 Å². The highest BCUT2D eigenvalue weighted by Gasteiger charge is 2.35. The van der Waals surface area contributed by atoms with Crippen LogP contribution < -0.4 is 5.32 Å². The number of hydrogen-bond donors (Lipinski definition) is 1. The minimum absolute atomic E-state index is 0.318. The largest absolute Gasteiger partial charge is 0.495 e. The van der Waals surface area contributed by atoms with Crippen molar-refractivity contribution in [3.8, 4) is 0 Å². The monoisotopic (exact) mass is 213 g/mol. The van der Waals surface area contributed by atoms with Crippen LogP contribution in [-0.4, -0.2) is 24.9 Å². The summed E-state index contributed by atoms with van der Waals surface area (Å²) >= 11 is 0. The van der Waals surface area contributed by atoms with E-state index in [4.69, 9.17) is 4.74 Å². The lowest BCUT2D eigenvalue weighted by Gasteiger charge is -2.30. The van der Waals surface area contributed by atoms with E-state index in [0.717, 1.165) is 19.4 Å². The number of rotatable bonds is 3. The molecule has 0 aromatic carbocycles. The lowest BCUT2D eigenvalue weighted by Crippen LogP contribution is -2.40. The highest BCUT2D eigenvalue weighted by Crippen LogP contribution is 2.32. The van der Waals surface area contributed by atoms with E-state index in [9.17, 15) is 4.39 Å². The van der Waals surface area contributed by atoms with Gasteiger partial charge in [0, 0.05) is 18.9 Å². The Balaban J connectivity index is 1.90. The van der Waals surface area contributed by atoms with Gasteiger partial charge in [-0.3, -0.25) is 0 Å². The van der Waals surface area contributed by atoms with Crippen LogP contribution >= 0.6 is 0 Å². The standard InChI is InChI=1S/C12H20FNO/c1-12(13,11-6-4-8-15-11)9-10-5-2-3-7-14-10/h6,10,14H,2-5,7-9H2,1H3. The van der Waals surface area contributed by atoms with Gasteiger partial charge in [0.1, 0.15) is 5.76 Å². The second kappa shape index (κ2) is 4.52. The molecule has 15 heavy (non-hydrogen) atoms. The first-order valence-corrected chi connectivity index (χ1v) is 5.94. The summed E-state index contributed by atoms with van der Waals surface area (Å²) in [6, 6.07) is 0.318. The van der Waals surface area contributed by atoms with E-state index in [1.807, 2.05) is 6.08 Å². The zero-order chi connectivity index (χ0) is 10.7. The molecule has 0 saturated carbocycles. The first-order valence-electron chi connectivity index (χ1n) is 5.94. The third kappa shape index (κ3) is 2.71. The van der Waals surface area contributed by atoms with Crippen LogP contribution in [0.5, 0.6) is 0 Å². The molecule has 2 rings (SSSR count). The van der Waals surface area contributed by atoms with Gasteiger partial charge in [-0.1, -0.05) is 6.42 Å². The van der Waals surface area contributed by atoms with Gasteiger partial charge < -0.3 is 10.1 Å². The molecule has 2 unspecified atom stereocenters. The molecule has 0 aromatic rings. The summed E-state index contributed by atoms with van der Waals surface area (Å²) in [6.07, 6.45) is 6.81. The van der Waals surface area contributed by atoms with E-state index in [-0.39, 0.29) is 0 Å². The van der Waals surface area contributed by atoms with E-state index in [1.165, 1.54) is 12.8 Å². The topological polar surface area (TPSA) is 21.3 Å². The number of hydrogen-bond acceptors (Lipinski definition) is 2. The van der Waals surface area contributed by atoms with Gasteiger partial charge in [0.15, 0.2) is 5.67 Å². The molecule has 1 N–H and O–H groups in total. The first kappa shape index (κ1) is 10.9. The Morgan fingerprint density at radius 2 is 2.47 bits per heavy atom. The Labute approximate surface area is 90.9 Å². The fourth-order valence-electron chi connectivity index (χ4n) is 2.44. The number of allylic oxidation sites excluding steroid dienone is 1. The molecule has 3 heteroatoms. The van der Waals surface area contributed by atoms with Gasteiger partial charge in [-0.15, -0.1) is 0 Å². The summed E-state index contributed by atoms with van der Waals surface area (Å²) in [6.45, 7) is 3.31. The summed E-state index contributed by atoms with van der Waals surface area (Å²) in [5, 5.41) is 3.38. The molecular weight excluding hydrogens is 193 g/mol. The van der Waals surface area contributed by atoms with Crippen molar-refractivity contribution in [2.45, 2.75) is 50.7 Å². The summed E-state index contributed by atoms with van der Waals surface area (Å²) in [5.74, 6) is 0.551. The predicted octanol–water partition coefficient (Wildman–Crippen LogP) is 2.55. The normalized spacial score (nSPS) is 30.5. The fourth-order valence-corrected chi connectivity index (χ4v) is 2.44. The van der Waals surface area contributed by atoms with Crippen LogP contribution in [0.15, 0.2) is 11.8 Å². The molecule has 0 aromatic heterocycles. The molecule has 0 bridgehead atoms.